The lowest BCUT2D eigenvalue weighted by Crippen LogP contribution is -2.37. The normalized spacial score (nSPS) is 18.2. The molecule has 0 aliphatic carbocycles. The Labute approximate surface area is 166 Å². The highest BCUT2D eigenvalue weighted by molar-refractivity contribution is 5.92. The van der Waals surface area contributed by atoms with Gasteiger partial charge in [-0.15, -0.1) is 0 Å². The van der Waals surface area contributed by atoms with Crippen LogP contribution in [0.15, 0.2) is 54.7 Å². The van der Waals surface area contributed by atoms with Gasteiger partial charge in [-0.1, -0.05) is 24.3 Å². The molecule has 1 saturated heterocycles. The number of carbonyl (C=O) groups excluding carboxylic acids is 1. The van der Waals surface area contributed by atoms with Gasteiger partial charge in [0, 0.05) is 43.5 Å². The molecule has 1 aliphatic heterocycles. The van der Waals surface area contributed by atoms with E-state index in [0.29, 0.717) is 11.6 Å². The number of carbonyl (C=O) groups is 1. The van der Waals surface area contributed by atoms with Gasteiger partial charge in [0.2, 0.25) is 0 Å². The lowest BCUT2D eigenvalue weighted by Gasteiger charge is -2.24. The van der Waals surface area contributed by atoms with Gasteiger partial charge in [0.15, 0.2) is 0 Å². The number of para-hydroxylation sites is 1. The van der Waals surface area contributed by atoms with E-state index in [4.69, 9.17) is 0 Å². The fourth-order valence-electron chi connectivity index (χ4n) is 3.98. The molecule has 5 nitrogen and oxygen atoms in total. The van der Waals surface area contributed by atoms with Gasteiger partial charge in [-0.05, 0) is 56.1 Å². The number of hydrogen-bond acceptors (Lipinski definition) is 4. The van der Waals surface area contributed by atoms with Crippen molar-refractivity contribution >= 4 is 16.8 Å². The third kappa shape index (κ3) is 4.20. The van der Waals surface area contributed by atoms with Crippen LogP contribution in [0, 0.1) is 12.8 Å². The Bertz CT molecular complexity index is 987. The van der Waals surface area contributed by atoms with E-state index < -0.39 is 0 Å². The first-order chi connectivity index (χ1) is 13.6. The molecular weight excluding hydrogens is 348 g/mol. The molecule has 4 rings (SSSR count). The van der Waals surface area contributed by atoms with Crippen LogP contribution >= 0.6 is 0 Å². The van der Waals surface area contributed by atoms with Crippen molar-refractivity contribution in [3.8, 4) is 0 Å². The smallest absolute Gasteiger partial charge is 0.272 e. The summed E-state index contributed by atoms with van der Waals surface area (Å²) in [6.07, 6.45) is 2.88. The molecule has 1 fully saturated rings. The molecule has 0 N–H and O–H groups in total. The summed E-state index contributed by atoms with van der Waals surface area (Å²) >= 11 is 0. The molecule has 1 aromatic carbocycles. The highest BCUT2D eigenvalue weighted by Gasteiger charge is 2.26. The van der Waals surface area contributed by atoms with Gasteiger partial charge >= 0.3 is 0 Å². The fourth-order valence-corrected chi connectivity index (χ4v) is 3.98. The first-order valence-corrected chi connectivity index (χ1v) is 9.83. The van der Waals surface area contributed by atoms with Crippen molar-refractivity contribution in [2.24, 2.45) is 5.92 Å². The number of nitrogens with zero attached hydrogens (tertiary/aromatic N) is 4. The molecule has 3 heterocycles. The molecule has 1 unspecified atom stereocenters. The van der Waals surface area contributed by atoms with Crippen LogP contribution in [0.2, 0.25) is 0 Å². The summed E-state index contributed by atoms with van der Waals surface area (Å²) in [6.45, 7) is 5.24. The molecule has 1 aliphatic rings. The summed E-state index contributed by atoms with van der Waals surface area (Å²) in [7, 11) is 2.13. The van der Waals surface area contributed by atoms with Crippen LogP contribution in [0.25, 0.3) is 10.9 Å². The third-order valence-electron chi connectivity index (χ3n) is 5.37. The Morgan fingerprint density at radius 2 is 1.96 bits per heavy atom. The molecule has 144 valence electrons. The molecule has 0 saturated carbocycles. The zero-order valence-corrected chi connectivity index (χ0v) is 16.5. The van der Waals surface area contributed by atoms with Gasteiger partial charge in [0.05, 0.1) is 5.52 Å². The minimum Gasteiger partial charge on any atom is -0.336 e. The van der Waals surface area contributed by atoms with Crippen LogP contribution in [0.5, 0.6) is 0 Å². The zero-order chi connectivity index (χ0) is 19.5. The van der Waals surface area contributed by atoms with E-state index >= 15 is 0 Å². The van der Waals surface area contributed by atoms with Crippen molar-refractivity contribution in [1.82, 2.24) is 19.8 Å². The van der Waals surface area contributed by atoms with E-state index in [2.05, 4.69) is 34.0 Å². The number of amides is 1. The van der Waals surface area contributed by atoms with Crippen molar-refractivity contribution in [3.63, 3.8) is 0 Å². The largest absolute Gasteiger partial charge is 0.336 e. The molecule has 2 aromatic heterocycles. The van der Waals surface area contributed by atoms with Gasteiger partial charge < -0.3 is 9.80 Å². The zero-order valence-electron chi connectivity index (χ0n) is 16.5. The van der Waals surface area contributed by atoms with Crippen molar-refractivity contribution < 1.29 is 4.79 Å². The molecule has 0 bridgehead atoms. The van der Waals surface area contributed by atoms with E-state index in [0.717, 1.165) is 43.8 Å². The minimum atomic E-state index is 0.0284. The predicted octanol–water partition coefficient (Wildman–Crippen LogP) is 3.18. The molecule has 0 spiro atoms. The van der Waals surface area contributed by atoms with Crippen molar-refractivity contribution in [1.29, 1.82) is 0 Å². The Kier molecular flexibility index (Phi) is 5.35. The van der Waals surface area contributed by atoms with Crippen molar-refractivity contribution in [3.05, 3.63) is 71.7 Å². The van der Waals surface area contributed by atoms with Gasteiger partial charge in [0.25, 0.3) is 5.91 Å². The second-order valence-corrected chi connectivity index (χ2v) is 7.78. The fraction of sp³-hybridized carbons (Fsp3) is 0.348. The lowest BCUT2D eigenvalue weighted by atomic mass is 9.98. The van der Waals surface area contributed by atoms with Gasteiger partial charge in [0.1, 0.15) is 5.69 Å². The first kappa shape index (κ1) is 18.6. The Morgan fingerprint density at radius 3 is 2.82 bits per heavy atom. The van der Waals surface area contributed by atoms with Crippen molar-refractivity contribution in [2.75, 3.05) is 33.2 Å². The predicted molar refractivity (Wildman–Crippen MR) is 111 cm³/mol. The highest BCUT2D eigenvalue weighted by atomic mass is 16.2. The standard InChI is InChI=1S/C23H26N4O/c1-17-6-5-9-22(25-17)23(28)27-11-10-26(2)15-19(16-27)12-18-13-20-7-3-4-8-21(20)24-14-18/h3-9,13-14,19H,10-12,15-16H2,1-2H3. The number of fused-ring (bicyclic) bond motifs is 1. The van der Waals surface area contributed by atoms with Crippen LogP contribution in [0.4, 0.5) is 0 Å². The van der Waals surface area contributed by atoms with Gasteiger partial charge in [-0.25, -0.2) is 4.98 Å². The summed E-state index contributed by atoms with van der Waals surface area (Å²) in [4.78, 5) is 26.3. The molecule has 1 atom stereocenters. The Balaban J connectivity index is 1.53. The summed E-state index contributed by atoms with van der Waals surface area (Å²) in [5.74, 6) is 0.393. The number of aryl methyl sites for hydroxylation is 1. The molecule has 0 radical (unpaired) electrons. The van der Waals surface area contributed by atoms with Crippen LogP contribution in [-0.2, 0) is 6.42 Å². The summed E-state index contributed by atoms with van der Waals surface area (Å²) in [5.41, 5.74) is 3.65. The topological polar surface area (TPSA) is 49.3 Å². The molecule has 28 heavy (non-hydrogen) atoms. The molecule has 5 heteroatoms. The maximum atomic E-state index is 13.0. The third-order valence-corrected chi connectivity index (χ3v) is 5.37. The Hall–Kier alpha value is -2.79. The number of benzene rings is 1. The van der Waals surface area contributed by atoms with E-state index in [-0.39, 0.29) is 5.91 Å². The van der Waals surface area contributed by atoms with Crippen LogP contribution < -0.4 is 0 Å². The quantitative estimate of drug-likeness (QED) is 0.706. The second-order valence-electron chi connectivity index (χ2n) is 7.78. The SMILES string of the molecule is Cc1cccc(C(=O)N2CCN(C)CC(Cc3cnc4ccccc4c3)C2)n1. The lowest BCUT2D eigenvalue weighted by molar-refractivity contribution is 0.0740. The van der Waals surface area contributed by atoms with E-state index in [1.807, 2.05) is 54.4 Å². The molecule has 3 aromatic rings. The van der Waals surface area contributed by atoms with Crippen molar-refractivity contribution in [2.45, 2.75) is 13.3 Å². The minimum absolute atomic E-state index is 0.0284. The number of hydrogen-bond donors (Lipinski definition) is 0. The highest BCUT2D eigenvalue weighted by Crippen LogP contribution is 2.19. The monoisotopic (exact) mass is 374 g/mol. The average Bonchev–Trinajstić information content (AvgIpc) is 2.88. The maximum absolute atomic E-state index is 13.0. The molecule has 1 amide bonds. The summed E-state index contributed by atoms with van der Waals surface area (Å²) < 4.78 is 0. The number of aromatic nitrogens is 2. The van der Waals surface area contributed by atoms with Crippen LogP contribution in [0.3, 0.4) is 0 Å². The Morgan fingerprint density at radius 1 is 1.11 bits per heavy atom. The summed E-state index contributed by atoms with van der Waals surface area (Å²) in [6, 6.07) is 16.0. The molecular formula is C23H26N4O. The van der Waals surface area contributed by atoms with Crippen LogP contribution in [0.1, 0.15) is 21.7 Å². The average molecular weight is 374 g/mol. The maximum Gasteiger partial charge on any atom is 0.272 e. The number of pyridine rings is 2. The van der Waals surface area contributed by atoms with E-state index in [9.17, 15) is 4.79 Å². The second kappa shape index (κ2) is 8.07. The van der Waals surface area contributed by atoms with E-state index in [1.165, 1.54) is 10.9 Å². The van der Waals surface area contributed by atoms with Crippen LogP contribution in [-0.4, -0.2) is 58.9 Å². The summed E-state index contributed by atoms with van der Waals surface area (Å²) in [5, 5.41) is 1.17. The van der Waals surface area contributed by atoms with E-state index in [1.54, 1.807) is 0 Å². The first-order valence-electron chi connectivity index (χ1n) is 9.83. The van der Waals surface area contributed by atoms with Gasteiger partial charge in [-0.3, -0.25) is 9.78 Å². The number of likely N-dealkylation sites (N-methyl/N-ethyl adjacent to an activating group) is 1. The van der Waals surface area contributed by atoms with Gasteiger partial charge in [-0.2, -0.15) is 0 Å². The number of rotatable bonds is 3.